The lowest BCUT2D eigenvalue weighted by atomic mass is 10.0. The van der Waals surface area contributed by atoms with Crippen LogP contribution in [0.1, 0.15) is 36.5 Å². The van der Waals surface area contributed by atoms with Crippen molar-refractivity contribution in [3.8, 4) is 5.75 Å². The molecule has 0 radical (unpaired) electrons. The van der Waals surface area contributed by atoms with E-state index in [1.807, 2.05) is 67.6 Å². The Labute approximate surface area is 281 Å². The van der Waals surface area contributed by atoms with Crippen molar-refractivity contribution in [2.24, 2.45) is 0 Å². The summed E-state index contributed by atoms with van der Waals surface area (Å²) in [6.45, 7) is 3.29. The third kappa shape index (κ3) is 8.97. The molecule has 48 heavy (non-hydrogen) atoms. The first-order valence-electron chi connectivity index (χ1n) is 15.6. The maximum absolute atomic E-state index is 14.5. The molecule has 0 saturated carbocycles. The lowest BCUT2D eigenvalue weighted by Gasteiger charge is -2.34. The van der Waals surface area contributed by atoms with E-state index in [0.717, 1.165) is 34.3 Å². The van der Waals surface area contributed by atoms with E-state index >= 15 is 0 Å². The van der Waals surface area contributed by atoms with Gasteiger partial charge < -0.3 is 15.0 Å². The number of carbonyl (C=O) groups is 2. The van der Waals surface area contributed by atoms with Crippen molar-refractivity contribution in [1.82, 2.24) is 10.2 Å². The molecule has 0 aliphatic heterocycles. The van der Waals surface area contributed by atoms with Crippen molar-refractivity contribution in [2.75, 3.05) is 24.5 Å². The highest BCUT2D eigenvalue weighted by Gasteiger charge is 2.35. The fourth-order valence-electron chi connectivity index (χ4n) is 5.19. The highest BCUT2D eigenvalue weighted by atomic mass is 32.2. The molecular formula is C36H40N4O7S. The van der Waals surface area contributed by atoms with Crippen LogP contribution < -0.4 is 14.4 Å². The maximum Gasteiger partial charge on any atom is 0.273 e. The molecule has 0 bridgehead atoms. The standard InChI is InChI=1S/C36H40N4O7S/c1-4-5-22-37-36(42)34(23-28-12-8-6-9-13-28)38(25-29-14-10-7-11-15-29)35(41)26-39(30-17-19-31(47-3)20-18-30)48(45,46)32-21-16-27(2)33(24-32)40(43)44/h6-21,24,34H,4-5,22-23,25-26H2,1-3H3,(H,37,42). The molecule has 1 N–H and O–H groups in total. The van der Waals surface area contributed by atoms with Gasteiger partial charge >= 0.3 is 0 Å². The number of nitro groups is 1. The number of ether oxygens (including phenoxy) is 1. The van der Waals surface area contributed by atoms with Gasteiger partial charge in [-0.3, -0.25) is 24.0 Å². The molecule has 0 fully saturated rings. The summed E-state index contributed by atoms with van der Waals surface area (Å²) in [4.78, 5) is 40.5. The third-order valence-electron chi connectivity index (χ3n) is 7.90. The first kappa shape index (κ1) is 35.6. The van der Waals surface area contributed by atoms with Gasteiger partial charge in [0, 0.05) is 31.1 Å². The van der Waals surface area contributed by atoms with E-state index in [1.165, 1.54) is 43.2 Å². The molecule has 2 amide bonds. The SMILES string of the molecule is CCCCNC(=O)C(Cc1ccccc1)N(Cc1ccccc1)C(=O)CN(c1ccc(OC)cc1)S(=O)(=O)c1ccc(C)c([N+](=O)[O-])c1. The van der Waals surface area contributed by atoms with Crippen LogP contribution in [0, 0.1) is 17.0 Å². The smallest absolute Gasteiger partial charge is 0.273 e. The number of hydrogen-bond acceptors (Lipinski definition) is 7. The van der Waals surface area contributed by atoms with Gasteiger partial charge in [0.15, 0.2) is 0 Å². The summed E-state index contributed by atoms with van der Waals surface area (Å²) in [6, 6.07) is 27.2. The van der Waals surface area contributed by atoms with E-state index < -0.39 is 33.4 Å². The molecular weight excluding hydrogens is 632 g/mol. The summed E-state index contributed by atoms with van der Waals surface area (Å²) < 4.78 is 34.7. The van der Waals surface area contributed by atoms with Crippen molar-refractivity contribution in [3.05, 3.63) is 130 Å². The highest BCUT2D eigenvalue weighted by Crippen LogP contribution is 2.30. The number of nitro benzene ring substituents is 1. The number of carbonyl (C=O) groups excluding carboxylic acids is 2. The van der Waals surface area contributed by atoms with Crippen LogP contribution in [0.4, 0.5) is 11.4 Å². The number of sulfonamides is 1. The average molecular weight is 673 g/mol. The third-order valence-corrected chi connectivity index (χ3v) is 9.67. The van der Waals surface area contributed by atoms with Gasteiger partial charge in [0.05, 0.1) is 22.6 Å². The molecule has 4 rings (SSSR count). The average Bonchev–Trinajstić information content (AvgIpc) is 3.09. The summed E-state index contributed by atoms with van der Waals surface area (Å²) in [5.74, 6) is -0.526. The quantitative estimate of drug-likeness (QED) is 0.0920. The summed E-state index contributed by atoms with van der Waals surface area (Å²) in [7, 11) is -3.06. The minimum Gasteiger partial charge on any atom is -0.497 e. The van der Waals surface area contributed by atoms with E-state index in [2.05, 4.69) is 5.32 Å². The number of nitrogens with zero attached hydrogens (tertiary/aromatic N) is 3. The predicted molar refractivity (Wildman–Crippen MR) is 184 cm³/mol. The molecule has 12 heteroatoms. The predicted octanol–water partition coefficient (Wildman–Crippen LogP) is 5.66. The van der Waals surface area contributed by atoms with Crippen LogP contribution in [0.15, 0.2) is 108 Å². The van der Waals surface area contributed by atoms with Crippen molar-refractivity contribution in [2.45, 2.75) is 50.6 Å². The number of amides is 2. The molecule has 4 aromatic carbocycles. The molecule has 0 spiro atoms. The first-order chi connectivity index (χ1) is 23.0. The van der Waals surface area contributed by atoms with Crippen molar-refractivity contribution in [3.63, 3.8) is 0 Å². The Morgan fingerprint density at radius 3 is 2.12 bits per heavy atom. The van der Waals surface area contributed by atoms with Gasteiger partial charge in [-0.25, -0.2) is 8.42 Å². The first-order valence-corrected chi connectivity index (χ1v) is 17.1. The Hall–Kier alpha value is -5.23. The number of nitrogens with one attached hydrogen (secondary N) is 1. The minimum absolute atomic E-state index is 0.0326. The molecule has 0 aliphatic rings. The number of rotatable bonds is 16. The number of benzene rings is 4. The number of unbranched alkanes of at least 4 members (excludes halogenated alkanes) is 1. The fourth-order valence-corrected chi connectivity index (χ4v) is 6.63. The van der Waals surface area contributed by atoms with Crippen molar-refractivity contribution in [1.29, 1.82) is 0 Å². The van der Waals surface area contributed by atoms with Crippen LogP contribution >= 0.6 is 0 Å². The van der Waals surface area contributed by atoms with Gasteiger partial charge in [-0.05, 0) is 54.8 Å². The molecule has 4 aromatic rings. The second kappa shape index (κ2) is 16.6. The van der Waals surface area contributed by atoms with Crippen LogP contribution in [0.25, 0.3) is 0 Å². The summed E-state index contributed by atoms with van der Waals surface area (Å²) >= 11 is 0. The van der Waals surface area contributed by atoms with Gasteiger partial charge in [-0.1, -0.05) is 80.1 Å². The molecule has 1 atom stereocenters. The van der Waals surface area contributed by atoms with E-state index in [0.29, 0.717) is 12.3 Å². The Morgan fingerprint density at radius 1 is 0.917 bits per heavy atom. The zero-order valence-corrected chi connectivity index (χ0v) is 28.1. The molecule has 0 heterocycles. The number of aryl methyl sites for hydroxylation is 1. The monoisotopic (exact) mass is 672 g/mol. The summed E-state index contributed by atoms with van der Waals surface area (Å²) in [5, 5.41) is 14.7. The maximum atomic E-state index is 14.5. The lowest BCUT2D eigenvalue weighted by Crippen LogP contribution is -2.53. The van der Waals surface area contributed by atoms with E-state index in [1.54, 1.807) is 12.1 Å². The van der Waals surface area contributed by atoms with Crippen LogP contribution in [0.3, 0.4) is 0 Å². The molecule has 0 saturated heterocycles. The van der Waals surface area contributed by atoms with Gasteiger partial charge in [0.25, 0.3) is 15.7 Å². The van der Waals surface area contributed by atoms with E-state index in [4.69, 9.17) is 4.74 Å². The lowest BCUT2D eigenvalue weighted by molar-refractivity contribution is -0.385. The van der Waals surface area contributed by atoms with Crippen LogP contribution in [-0.2, 0) is 32.6 Å². The highest BCUT2D eigenvalue weighted by molar-refractivity contribution is 7.92. The largest absolute Gasteiger partial charge is 0.497 e. The van der Waals surface area contributed by atoms with E-state index in [9.17, 15) is 28.1 Å². The Bertz CT molecular complexity index is 1800. The topological polar surface area (TPSA) is 139 Å². The second-order valence-electron chi connectivity index (χ2n) is 11.3. The van der Waals surface area contributed by atoms with Crippen LogP contribution in [0.5, 0.6) is 5.75 Å². The Balaban J connectivity index is 1.81. The second-order valence-corrected chi connectivity index (χ2v) is 13.1. The number of anilines is 1. The Morgan fingerprint density at radius 2 is 1.54 bits per heavy atom. The Kier molecular flexibility index (Phi) is 12.3. The summed E-state index contributed by atoms with van der Waals surface area (Å²) in [5.41, 5.74) is 1.63. The molecule has 11 nitrogen and oxygen atoms in total. The summed E-state index contributed by atoms with van der Waals surface area (Å²) in [6.07, 6.45) is 1.81. The zero-order chi connectivity index (χ0) is 34.7. The van der Waals surface area contributed by atoms with Gasteiger partial charge in [0.2, 0.25) is 11.8 Å². The number of methoxy groups -OCH3 is 1. The van der Waals surface area contributed by atoms with Gasteiger partial charge in [-0.2, -0.15) is 0 Å². The fraction of sp³-hybridized carbons (Fsp3) is 0.278. The molecule has 0 aliphatic carbocycles. The minimum atomic E-state index is -4.53. The van der Waals surface area contributed by atoms with Crippen LogP contribution in [-0.4, -0.2) is 56.3 Å². The molecule has 1 unspecified atom stereocenters. The van der Waals surface area contributed by atoms with Crippen molar-refractivity contribution >= 4 is 33.2 Å². The van der Waals surface area contributed by atoms with Crippen LogP contribution in [0.2, 0.25) is 0 Å². The van der Waals surface area contributed by atoms with Crippen molar-refractivity contribution < 1.29 is 27.7 Å². The normalized spacial score (nSPS) is 11.7. The van der Waals surface area contributed by atoms with Gasteiger partial charge in [0.1, 0.15) is 18.3 Å². The molecule has 252 valence electrons. The number of hydrogen-bond donors (Lipinski definition) is 1. The molecule has 0 aromatic heterocycles. The van der Waals surface area contributed by atoms with E-state index in [-0.39, 0.29) is 40.7 Å². The van der Waals surface area contributed by atoms with Gasteiger partial charge in [-0.15, -0.1) is 0 Å². The zero-order valence-electron chi connectivity index (χ0n) is 27.2.